The van der Waals surface area contributed by atoms with Crippen LogP contribution < -0.4 is 9.64 Å². The molecule has 3 heterocycles. The van der Waals surface area contributed by atoms with E-state index in [0.717, 1.165) is 76.8 Å². The number of carbonyl (C=O) groups excluding carboxylic acids is 1. The lowest BCUT2D eigenvalue weighted by Gasteiger charge is -2.39. The molecule has 0 unspecified atom stereocenters. The third-order valence-electron chi connectivity index (χ3n) is 9.02. The van der Waals surface area contributed by atoms with E-state index in [4.69, 9.17) is 4.74 Å². The molecule has 7 nitrogen and oxygen atoms in total. The summed E-state index contributed by atoms with van der Waals surface area (Å²) in [4.78, 5) is 36.3. The Hall–Kier alpha value is -2.89. The Morgan fingerprint density at radius 3 is 2.40 bits per heavy atom. The molecule has 2 aliphatic carbocycles. The predicted octanol–water partition coefficient (Wildman–Crippen LogP) is 7.38. The topological polar surface area (TPSA) is 83.0 Å². The maximum absolute atomic E-state index is 14.2. The molecule has 2 aromatic heterocycles. The molecule has 2 saturated carbocycles. The normalized spacial score (nSPS) is 24.7. The lowest BCUT2D eigenvalue weighted by molar-refractivity contribution is -0.124. The molecular formula is C35H47N3O4S. The number of aromatic carboxylic acids is 1. The van der Waals surface area contributed by atoms with Gasteiger partial charge in [-0.2, -0.15) is 0 Å². The van der Waals surface area contributed by atoms with Crippen LogP contribution in [0, 0.1) is 29.1 Å². The quantitative estimate of drug-likeness (QED) is 0.316. The van der Waals surface area contributed by atoms with Crippen molar-refractivity contribution in [1.29, 1.82) is 0 Å². The van der Waals surface area contributed by atoms with Crippen LogP contribution >= 0.6 is 11.3 Å². The van der Waals surface area contributed by atoms with E-state index >= 15 is 0 Å². The largest absolute Gasteiger partial charge is 0.489 e. The van der Waals surface area contributed by atoms with Gasteiger partial charge in [0.25, 0.3) is 0 Å². The van der Waals surface area contributed by atoms with E-state index in [1.165, 1.54) is 29.7 Å². The smallest absolute Gasteiger partial charge is 0.348 e. The fraction of sp³-hybridized carbons (Fsp3) is 0.629. The molecule has 1 amide bonds. The van der Waals surface area contributed by atoms with Gasteiger partial charge in [0, 0.05) is 30.1 Å². The minimum absolute atomic E-state index is 0.0437. The van der Waals surface area contributed by atoms with Gasteiger partial charge in [-0.1, -0.05) is 18.8 Å². The maximum Gasteiger partial charge on any atom is 0.348 e. The van der Waals surface area contributed by atoms with Gasteiger partial charge in [-0.15, -0.1) is 11.3 Å². The van der Waals surface area contributed by atoms with Crippen molar-refractivity contribution in [3.63, 3.8) is 0 Å². The average Bonchev–Trinajstić information content (AvgIpc) is 3.64. The van der Waals surface area contributed by atoms with Gasteiger partial charge in [-0.25, -0.2) is 4.79 Å². The molecule has 0 radical (unpaired) electrons. The Morgan fingerprint density at radius 2 is 1.74 bits per heavy atom. The molecule has 8 heteroatoms. The molecule has 5 rings (SSSR count). The highest BCUT2D eigenvalue weighted by Crippen LogP contribution is 2.39. The van der Waals surface area contributed by atoms with Crippen molar-refractivity contribution in [3.8, 4) is 17.6 Å². The van der Waals surface area contributed by atoms with E-state index in [0.29, 0.717) is 16.5 Å². The Bertz CT molecular complexity index is 1330. The van der Waals surface area contributed by atoms with E-state index in [1.54, 1.807) is 6.20 Å². The van der Waals surface area contributed by atoms with Crippen LogP contribution in [0.5, 0.6) is 5.75 Å². The fourth-order valence-electron chi connectivity index (χ4n) is 6.65. The lowest BCUT2D eigenvalue weighted by atomic mass is 9.81. The number of carbonyl (C=O) groups is 2. The monoisotopic (exact) mass is 605 g/mol. The number of carboxylic acids is 1. The van der Waals surface area contributed by atoms with Crippen molar-refractivity contribution in [2.75, 3.05) is 18.0 Å². The van der Waals surface area contributed by atoms with Crippen LogP contribution in [0.3, 0.4) is 0 Å². The van der Waals surface area contributed by atoms with Gasteiger partial charge in [0.2, 0.25) is 5.91 Å². The van der Waals surface area contributed by atoms with Crippen LogP contribution in [0.4, 0.5) is 5.69 Å². The van der Waals surface area contributed by atoms with Crippen LogP contribution in [-0.4, -0.2) is 52.1 Å². The molecule has 3 aliphatic rings. The number of hydrogen-bond acceptors (Lipinski definition) is 6. The van der Waals surface area contributed by atoms with Gasteiger partial charge in [0.15, 0.2) is 0 Å². The highest BCUT2D eigenvalue weighted by molar-refractivity contribution is 7.15. The molecular weight excluding hydrogens is 558 g/mol. The second kappa shape index (κ2) is 13.8. The highest BCUT2D eigenvalue weighted by Gasteiger charge is 2.38. The van der Waals surface area contributed by atoms with Crippen LogP contribution in [0.2, 0.25) is 0 Å². The van der Waals surface area contributed by atoms with Gasteiger partial charge in [0.1, 0.15) is 10.6 Å². The predicted molar refractivity (Wildman–Crippen MR) is 172 cm³/mol. The third-order valence-corrected chi connectivity index (χ3v) is 10.0. The first-order chi connectivity index (χ1) is 20.6. The first-order valence-electron chi connectivity index (χ1n) is 16.1. The maximum atomic E-state index is 14.2. The zero-order valence-electron chi connectivity index (χ0n) is 26.2. The van der Waals surface area contributed by atoms with E-state index in [-0.39, 0.29) is 34.3 Å². The zero-order valence-corrected chi connectivity index (χ0v) is 27.0. The van der Waals surface area contributed by atoms with Crippen molar-refractivity contribution >= 4 is 28.9 Å². The molecule has 2 aromatic rings. The molecule has 0 aromatic carbocycles. The molecule has 1 saturated heterocycles. The summed E-state index contributed by atoms with van der Waals surface area (Å²) in [5, 5.41) is 10.2. The van der Waals surface area contributed by atoms with Crippen molar-refractivity contribution in [3.05, 3.63) is 39.8 Å². The number of amides is 1. The van der Waals surface area contributed by atoms with Crippen molar-refractivity contribution in [1.82, 2.24) is 9.88 Å². The number of thiophene rings is 1. The molecule has 0 atom stereocenters. The molecule has 3 fully saturated rings. The van der Waals surface area contributed by atoms with Crippen LogP contribution in [0.15, 0.2) is 24.5 Å². The summed E-state index contributed by atoms with van der Waals surface area (Å²) in [7, 11) is 0. The summed E-state index contributed by atoms with van der Waals surface area (Å²) in [5.41, 5.74) is 1.49. The van der Waals surface area contributed by atoms with E-state index in [1.807, 2.05) is 37.9 Å². The number of ether oxygens (including phenoxy) is 1. The first-order valence-corrected chi connectivity index (χ1v) is 16.9. The van der Waals surface area contributed by atoms with Crippen molar-refractivity contribution in [2.45, 2.75) is 111 Å². The van der Waals surface area contributed by atoms with Gasteiger partial charge in [0.05, 0.1) is 22.9 Å². The number of nitrogens with zero attached hydrogens (tertiary/aromatic N) is 3. The second-order valence-electron chi connectivity index (χ2n) is 13.9. The summed E-state index contributed by atoms with van der Waals surface area (Å²) in [6.45, 7) is 11.5. The summed E-state index contributed by atoms with van der Waals surface area (Å²) < 4.78 is 6.42. The summed E-state index contributed by atoms with van der Waals surface area (Å²) in [6, 6.07) is 3.89. The van der Waals surface area contributed by atoms with Crippen LogP contribution in [0.25, 0.3) is 0 Å². The molecule has 0 spiro atoms. The Labute approximate surface area is 261 Å². The zero-order chi connectivity index (χ0) is 30.6. The molecule has 1 aliphatic heterocycles. The number of pyridine rings is 1. The molecule has 232 valence electrons. The third kappa shape index (κ3) is 8.39. The summed E-state index contributed by atoms with van der Waals surface area (Å²) in [6.07, 6.45) is 13.2. The van der Waals surface area contributed by atoms with Gasteiger partial charge in [-0.3, -0.25) is 14.7 Å². The van der Waals surface area contributed by atoms with E-state index in [2.05, 4.69) is 34.7 Å². The SMILES string of the molecule is CC(C)(C)C#Cc1cc(N(C(=O)[C@H]2CC[C@H](C)CC2)[C@H]2CC[C@H](Oc3cncc(CN4CCCC4)c3)CC2)c(C(=O)O)s1. The Kier molecular flexibility index (Phi) is 10.1. The van der Waals surface area contributed by atoms with E-state index < -0.39 is 5.97 Å². The lowest BCUT2D eigenvalue weighted by Crippen LogP contribution is -2.47. The number of carboxylic acid groups (broad SMARTS) is 1. The van der Waals surface area contributed by atoms with Crippen LogP contribution in [0.1, 0.15) is 112 Å². The fourth-order valence-corrected chi connectivity index (χ4v) is 7.49. The Morgan fingerprint density at radius 1 is 1.05 bits per heavy atom. The van der Waals surface area contributed by atoms with Gasteiger partial charge >= 0.3 is 5.97 Å². The van der Waals surface area contributed by atoms with Crippen molar-refractivity contribution < 1.29 is 19.4 Å². The summed E-state index contributed by atoms with van der Waals surface area (Å²) >= 11 is 1.18. The highest BCUT2D eigenvalue weighted by atomic mass is 32.1. The number of likely N-dealkylation sites (tertiary alicyclic amines) is 1. The minimum Gasteiger partial charge on any atom is -0.489 e. The van der Waals surface area contributed by atoms with Gasteiger partial charge in [-0.05, 0) is 122 Å². The number of rotatable bonds is 8. The Balaban J connectivity index is 1.33. The second-order valence-corrected chi connectivity index (χ2v) is 14.9. The minimum atomic E-state index is -1.00. The van der Waals surface area contributed by atoms with Crippen molar-refractivity contribution in [2.24, 2.45) is 17.3 Å². The molecule has 43 heavy (non-hydrogen) atoms. The van der Waals surface area contributed by atoms with E-state index in [9.17, 15) is 14.7 Å². The molecule has 0 bridgehead atoms. The standard InChI is InChI=1S/C35H47N3O4S/c1-24-7-9-26(10-8-24)33(39)38(31-20-30(15-16-35(2,3)4)43-32(31)34(40)41)27-11-13-28(14-12-27)42-29-19-25(21-36-22-29)23-37-17-5-6-18-37/h19-22,24,26-28H,5-14,17-18,23H2,1-4H3,(H,40,41)/t24-,26-,27-,28-. The average molecular weight is 606 g/mol. The molecule has 1 N–H and O–H groups in total. The number of hydrogen-bond donors (Lipinski definition) is 1. The number of aromatic nitrogens is 1. The van der Waals surface area contributed by atoms with Gasteiger partial charge < -0.3 is 14.7 Å². The summed E-state index contributed by atoms with van der Waals surface area (Å²) in [5.74, 6) is 6.84. The first kappa shape index (κ1) is 31.5. The number of anilines is 1. The van der Waals surface area contributed by atoms with Crippen LogP contribution in [-0.2, 0) is 11.3 Å².